The molecule has 1 aliphatic heterocycles. The first-order valence-corrected chi connectivity index (χ1v) is 6.81. The second kappa shape index (κ2) is 4.20. The molecule has 0 radical (unpaired) electrons. The van der Waals surface area contributed by atoms with Crippen molar-refractivity contribution >= 4 is 27.4 Å². The van der Waals surface area contributed by atoms with Crippen molar-refractivity contribution in [2.45, 2.75) is 25.4 Å². The lowest BCUT2D eigenvalue weighted by atomic mass is 9.95. The smallest absolute Gasteiger partial charge is 0.180 e. The van der Waals surface area contributed by atoms with Crippen LogP contribution in [0.2, 0.25) is 0 Å². The first-order valence-electron chi connectivity index (χ1n) is 6.02. The molecule has 0 aliphatic carbocycles. The summed E-state index contributed by atoms with van der Waals surface area (Å²) in [6.07, 6.45) is 7.34. The minimum atomic E-state index is -0.647. The lowest BCUT2D eigenvalue weighted by molar-refractivity contribution is 0.0447. The molecule has 1 fully saturated rings. The highest BCUT2D eigenvalue weighted by Gasteiger charge is 2.30. The molecule has 5 nitrogen and oxygen atoms in total. The zero-order valence-electron chi connectivity index (χ0n) is 10.2. The fourth-order valence-corrected chi connectivity index (χ4v) is 2.89. The highest BCUT2D eigenvalue weighted by atomic mass is 79.9. The van der Waals surface area contributed by atoms with Gasteiger partial charge in [-0.15, -0.1) is 0 Å². The molecule has 1 atom stereocenters. The molecule has 1 unspecified atom stereocenters. The number of nitrogens with zero attached hydrogens (tertiary/aromatic N) is 4. The summed E-state index contributed by atoms with van der Waals surface area (Å²) in [4.78, 5) is 11.0. The zero-order valence-corrected chi connectivity index (χ0v) is 11.8. The Morgan fingerprint density at radius 1 is 1.50 bits per heavy atom. The fraction of sp³-hybridized carbons (Fsp3) is 0.500. The number of piperidine rings is 1. The van der Waals surface area contributed by atoms with E-state index in [1.165, 1.54) is 0 Å². The number of aromatic nitrogens is 3. The van der Waals surface area contributed by atoms with E-state index in [0.29, 0.717) is 6.54 Å². The topological polar surface area (TPSA) is 53.7 Å². The maximum absolute atomic E-state index is 10.2. The molecule has 2 aromatic rings. The summed E-state index contributed by atoms with van der Waals surface area (Å²) >= 11 is 3.41. The van der Waals surface area contributed by atoms with Crippen LogP contribution in [-0.4, -0.2) is 38.2 Å². The van der Waals surface area contributed by atoms with Gasteiger partial charge in [-0.2, -0.15) is 0 Å². The Labute approximate surface area is 114 Å². The van der Waals surface area contributed by atoms with Gasteiger partial charge in [-0.25, -0.2) is 9.97 Å². The molecular formula is C12H15BrN4O. The van der Waals surface area contributed by atoms with Gasteiger partial charge in [0.25, 0.3) is 0 Å². The van der Waals surface area contributed by atoms with Gasteiger partial charge in [0.05, 0.1) is 5.60 Å². The van der Waals surface area contributed by atoms with E-state index < -0.39 is 5.60 Å². The molecule has 96 valence electrons. The summed E-state index contributed by atoms with van der Waals surface area (Å²) in [5, 5.41) is 10.2. The standard InChI is InChI=1S/C12H15BrN4O/c1-12(18)3-2-5-17(8-12)11-10-14-4-6-16(10)7-9(13)15-11/h4,6-7,18H,2-3,5,8H2,1H3. The van der Waals surface area contributed by atoms with Crippen LogP contribution in [0.15, 0.2) is 23.2 Å². The highest BCUT2D eigenvalue weighted by Crippen LogP contribution is 2.27. The van der Waals surface area contributed by atoms with Gasteiger partial charge in [-0.3, -0.25) is 0 Å². The number of aliphatic hydroxyl groups is 1. The van der Waals surface area contributed by atoms with Crippen LogP contribution in [0, 0.1) is 0 Å². The molecule has 3 rings (SSSR count). The number of rotatable bonds is 1. The first kappa shape index (κ1) is 11.9. The second-order valence-electron chi connectivity index (χ2n) is 5.07. The molecule has 18 heavy (non-hydrogen) atoms. The van der Waals surface area contributed by atoms with Gasteiger partial charge in [0.2, 0.25) is 0 Å². The van der Waals surface area contributed by atoms with Crippen LogP contribution >= 0.6 is 15.9 Å². The molecule has 0 amide bonds. The number of fused-ring (bicyclic) bond motifs is 1. The van der Waals surface area contributed by atoms with E-state index in [2.05, 4.69) is 30.8 Å². The maximum Gasteiger partial charge on any atom is 0.180 e. The molecular weight excluding hydrogens is 296 g/mol. The highest BCUT2D eigenvalue weighted by molar-refractivity contribution is 9.10. The maximum atomic E-state index is 10.2. The summed E-state index contributed by atoms with van der Waals surface area (Å²) in [7, 11) is 0. The van der Waals surface area contributed by atoms with Crippen LogP contribution in [0.25, 0.3) is 5.65 Å². The summed E-state index contributed by atoms with van der Waals surface area (Å²) < 4.78 is 2.71. The Morgan fingerprint density at radius 3 is 3.11 bits per heavy atom. The van der Waals surface area contributed by atoms with Crippen molar-refractivity contribution in [1.29, 1.82) is 0 Å². The molecule has 1 N–H and O–H groups in total. The average Bonchev–Trinajstić information content (AvgIpc) is 2.74. The third-order valence-corrected chi connectivity index (χ3v) is 3.68. The largest absolute Gasteiger partial charge is 0.388 e. The van der Waals surface area contributed by atoms with Crippen molar-refractivity contribution < 1.29 is 5.11 Å². The van der Waals surface area contributed by atoms with Gasteiger partial charge in [0.15, 0.2) is 11.5 Å². The first-order chi connectivity index (χ1) is 8.55. The molecule has 2 aromatic heterocycles. The SMILES string of the molecule is CC1(O)CCCN(c2nc(Br)cn3ccnc23)C1. The van der Waals surface area contributed by atoms with Gasteiger partial charge < -0.3 is 14.4 Å². The normalized spacial score (nSPS) is 24.7. The quantitative estimate of drug-likeness (QED) is 0.873. The number of halogens is 1. The van der Waals surface area contributed by atoms with Crippen LogP contribution in [0.3, 0.4) is 0 Å². The van der Waals surface area contributed by atoms with E-state index in [9.17, 15) is 5.11 Å². The van der Waals surface area contributed by atoms with E-state index >= 15 is 0 Å². The van der Waals surface area contributed by atoms with E-state index in [0.717, 1.165) is 35.5 Å². The van der Waals surface area contributed by atoms with Gasteiger partial charge in [-0.05, 0) is 35.7 Å². The zero-order chi connectivity index (χ0) is 12.8. The van der Waals surface area contributed by atoms with E-state index in [1.807, 2.05) is 23.7 Å². The van der Waals surface area contributed by atoms with E-state index in [4.69, 9.17) is 0 Å². The molecule has 0 saturated carbocycles. The van der Waals surface area contributed by atoms with Crippen molar-refractivity contribution in [2.75, 3.05) is 18.0 Å². The molecule has 3 heterocycles. The second-order valence-corrected chi connectivity index (χ2v) is 5.88. The fourth-order valence-electron chi connectivity index (χ4n) is 2.50. The van der Waals surface area contributed by atoms with Crippen LogP contribution < -0.4 is 4.90 Å². The molecule has 6 heteroatoms. The van der Waals surface area contributed by atoms with Gasteiger partial charge >= 0.3 is 0 Å². The number of hydrogen-bond acceptors (Lipinski definition) is 4. The molecule has 0 aromatic carbocycles. The molecule has 0 bridgehead atoms. The lowest BCUT2D eigenvalue weighted by Crippen LogP contribution is -2.46. The molecule has 1 saturated heterocycles. The van der Waals surface area contributed by atoms with Crippen LogP contribution in [0.4, 0.5) is 5.82 Å². The van der Waals surface area contributed by atoms with Crippen molar-refractivity contribution in [3.8, 4) is 0 Å². The van der Waals surface area contributed by atoms with E-state index in [1.54, 1.807) is 6.20 Å². The lowest BCUT2D eigenvalue weighted by Gasteiger charge is -2.37. The Morgan fingerprint density at radius 2 is 2.33 bits per heavy atom. The summed E-state index contributed by atoms with van der Waals surface area (Å²) in [5.41, 5.74) is 0.183. The van der Waals surface area contributed by atoms with E-state index in [-0.39, 0.29) is 0 Å². The Hall–Kier alpha value is -1.14. The monoisotopic (exact) mass is 310 g/mol. The number of anilines is 1. The summed E-state index contributed by atoms with van der Waals surface area (Å²) in [6.45, 7) is 3.38. The van der Waals surface area contributed by atoms with Crippen molar-refractivity contribution in [3.05, 3.63) is 23.2 Å². The Balaban J connectivity index is 2.05. The number of imidazole rings is 1. The van der Waals surface area contributed by atoms with Crippen molar-refractivity contribution in [1.82, 2.24) is 14.4 Å². The molecule has 0 spiro atoms. The van der Waals surface area contributed by atoms with Crippen LogP contribution in [0.1, 0.15) is 19.8 Å². The van der Waals surface area contributed by atoms with Crippen molar-refractivity contribution in [3.63, 3.8) is 0 Å². The third-order valence-electron chi connectivity index (χ3n) is 3.30. The minimum Gasteiger partial charge on any atom is -0.388 e. The minimum absolute atomic E-state index is 0.596. The molecule has 1 aliphatic rings. The van der Waals surface area contributed by atoms with Gasteiger partial charge in [0, 0.05) is 31.7 Å². The number of β-amino-alcohol motifs (C(OH)–C–C–N with tert-alkyl or cyclic N) is 1. The predicted octanol–water partition coefficient (Wildman–Crippen LogP) is 1.84. The number of hydrogen-bond donors (Lipinski definition) is 1. The van der Waals surface area contributed by atoms with Gasteiger partial charge in [0.1, 0.15) is 4.60 Å². The van der Waals surface area contributed by atoms with Crippen LogP contribution in [0.5, 0.6) is 0 Å². The predicted molar refractivity (Wildman–Crippen MR) is 72.8 cm³/mol. The summed E-state index contributed by atoms with van der Waals surface area (Å²) in [6, 6.07) is 0. The Kier molecular flexibility index (Phi) is 2.79. The van der Waals surface area contributed by atoms with Crippen molar-refractivity contribution in [2.24, 2.45) is 0 Å². The average molecular weight is 311 g/mol. The third kappa shape index (κ3) is 2.10. The van der Waals surface area contributed by atoms with Gasteiger partial charge in [-0.1, -0.05) is 0 Å². The Bertz CT molecular complexity index is 580. The van der Waals surface area contributed by atoms with Crippen LogP contribution in [-0.2, 0) is 0 Å². The summed E-state index contributed by atoms with van der Waals surface area (Å²) in [5.74, 6) is 0.828.